The molecule has 3 rings (SSSR count). The number of carbonyl (C=O) groups is 2. The Hall–Kier alpha value is -2.28. The number of rotatable bonds is 3. The van der Waals surface area contributed by atoms with Gasteiger partial charge in [-0.2, -0.15) is 0 Å². The molecule has 0 spiro atoms. The number of aryl methyl sites for hydroxylation is 1. The van der Waals surface area contributed by atoms with Crippen LogP contribution in [0.3, 0.4) is 0 Å². The molecule has 3 heterocycles. The summed E-state index contributed by atoms with van der Waals surface area (Å²) in [5, 5.41) is 9.92. The van der Waals surface area contributed by atoms with Gasteiger partial charge in [0.25, 0.3) is 5.91 Å². The summed E-state index contributed by atoms with van der Waals surface area (Å²) in [5.41, 5.74) is 1.55. The van der Waals surface area contributed by atoms with Gasteiger partial charge in [-0.15, -0.1) is 11.3 Å². The van der Waals surface area contributed by atoms with Gasteiger partial charge < -0.3 is 10.0 Å². The molecule has 2 aromatic rings. The zero-order valence-electron chi connectivity index (χ0n) is 12.7. The minimum absolute atomic E-state index is 0.124. The molecular formula is C16H17N3O3S. The van der Waals surface area contributed by atoms with Gasteiger partial charge in [-0.1, -0.05) is 0 Å². The zero-order valence-corrected chi connectivity index (χ0v) is 13.5. The molecule has 1 unspecified atom stereocenters. The number of carboxylic acid groups (broad SMARTS) is 1. The summed E-state index contributed by atoms with van der Waals surface area (Å²) >= 11 is 1.33. The summed E-state index contributed by atoms with van der Waals surface area (Å²) in [5.74, 6) is -1.43. The summed E-state index contributed by atoms with van der Waals surface area (Å²) in [6.07, 6.45) is 4.75. The number of hydrogen-bond acceptors (Lipinski definition) is 5. The Morgan fingerprint density at radius 3 is 2.96 bits per heavy atom. The number of pyridine rings is 1. The Morgan fingerprint density at radius 1 is 1.43 bits per heavy atom. The number of aliphatic carboxylic acids is 1. The van der Waals surface area contributed by atoms with Crippen molar-refractivity contribution in [1.29, 1.82) is 0 Å². The van der Waals surface area contributed by atoms with E-state index in [1.807, 2.05) is 19.1 Å². The van der Waals surface area contributed by atoms with Crippen LogP contribution in [0.1, 0.15) is 28.2 Å². The van der Waals surface area contributed by atoms with E-state index in [0.717, 1.165) is 17.0 Å². The van der Waals surface area contributed by atoms with E-state index in [9.17, 15) is 9.59 Å². The molecule has 23 heavy (non-hydrogen) atoms. The Kier molecular flexibility index (Phi) is 4.38. The molecule has 120 valence electrons. The normalized spacial score (nSPS) is 18.0. The molecule has 0 bridgehead atoms. The third-order valence-electron chi connectivity index (χ3n) is 3.96. The monoisotopic (exact) mass is 331 g/mol. The van der Waals surface area contributed by atoms with Crippen LogP contribution in [0.2, 0.25) is 0 Å². The predicted molar refractivity (Wildman–Crippen MR) is 86.3 cm³/mol. The molecule has 1 saturated heterocycles. The van der Waals surface area contributed by atoms with Gasteiger partial charge in [-0.25, -0.2) is 4.98 Å². The van der Waals surface area contributed by atoms with E-state index in [-0.39, 0.29) is 12.5 Å². The van der Waals surface area contributed by atoms with Crippen molar-refractivity contribution in [3.05, 3.63) is 35.1 Å². The van der Waals surface area contributed by atoms with Crippen molar-refractivity contribution in [3.8, 4) is 10.6 Å². The standard InChI is InChI=1S/C16H17N3O3S/c1-10-13(23-14(18-10)11-4-2-6-17-8-11)15(20)19-7-3-5-12(9-19)16(21)22/h2,4,6,8,12H,3,5,7,9H2,1H3,(H,21,22). The average Bonchev–Trinajstić information content (AvgIpc) is 2.97. The molecule has 1 atom stereocenters. The first-order valence-corrected chi connectivity index (χ1v) is 8.28. The van der Waals surface area contributed by atoms with Gasteiger partial charge in [0.05, 0.1) is 11.6 Å². The van der Waals surface area contributed by atoms with Crippen molar-refractivity contribution < 1.29 is 14.7 Å². The second-order valence-corrected chi connectivity index (χ2v) is 6.60. The minimum Gasteiger partial charge on any atom is -0.481 e. The smallest absolute Gasteiger partial charge is 0.308 e. The van der Waals surface area contributed by atoms with E-state index in [4.69, 9.17) is 5.11 Å². The lowest BCUT2D eigenvalue weighted by Crippen LogP contribution is -2.42. The van der Waals surface area contributed by atoms with E-state index < -0.39 is 11.9 Å². The van der Waals surface area contributed by atoms with Crippen LogP contribution in [-0.4, -0.2) is 44.9 Å². The molecule has 1 amide bonds. The number of carboxylic acids is 1. The number of thiazole rings is 1. The number of nitrogens with zero attached hydrogens (tertiary/aromatic N) is 3. The van der Waals surface area contributed by atoms with Crippen LogP contribution >= 0.6 is 11.3 Å². The SMILES string of the molecule is Cc1nc(-c2cccnc2)sc1C(=O)N1CCCC(C(=O)O)C1. The maximum absolute atomic E-state index is 12.7. The van der Waals surface area contributed by atoms with Gasteiger partial charge in [-0.3, -0.25) is 14.6 Å². The summed E-state index contributed by atoms with van der Waals surface area (Å²) in [6.45, 7) is 2.68. The van der Waals surface area contributed by atoms with Crippen molar-refractivity contribution in [1.82, 2.24) is 14.9 Å². The third-order valence-corrected chi connectivity index (χ3v) is 5.15. The van der Waals surface area contributed by atoms with E-state index in [1.165, 1.54) is 11.3 Å². The number of amides is 1. The Balaban J connectivity index is 1.83. The topological polar surface area (TPSA) is 83.4 Å². The molecule has 1 aliphatic heterocycles. The second kappa shape index (κ2) is 6.45. The first-order chi connectivity index (χ1) is 11.1. The highest BCUT2D eigenvalue weighted by Gasteiger charge is 2.30. The number of piperidine rings is 1. The summed E-state index contributed by atoms with van der Waals surface area (Å²) < 4.78 is 0. The number of likely N-dealkylation sites (tertiary alicyclic amines) is 1. The van der Waals surface area contributed by atoms with Crippen LogP contribution < -0.4 is 0 Å². The fourth-order valence-electron chi connectivity index (χ4n) is 2.71. The van der Waals surface area contributed by atoms with Gasteiger partial charge in [0.1, 0.15) is 9.88 Å². The van der Waals surface area contributed by atoms with Gasteiger partial charge >= 0.3 is 5.97 Å². The fourth-order valence-corrected chi connectivity index (χ4v) is 3.74. The van der Waals surface area contributed by atoms with Crippen molar-refractivity contribution in [2.75, 3.05) is 13.1 Å². The maximum atomic E-state index is 12.7. The Morgan fingerprint density at radius 2 is 2.26 bits per heavy atom. The molecule has 0 radical (unpaired) electrons. The summed E-state index contributed by atoms with van der Waals surface area (Å²) in [6, 6.07) is 3.73. The largest absolute Gasteiger partial charge is 0.481 e. The fraction of sp³-hybridized carbons (Fsp3) is 0.375. The van der Waals surface area contributed by atoms with Crippen LogP contribution in [0, 0.1) is 12.8 Å². The maximum Gasteiger partial charge on any atom is 0.308 e. The van der Waals surface area contributed by atoms with Crippen molar-refractivity contribution in [2.45, 2.75) is 19.8 Å². The first-order valence-electron chi connectivity index (χ1n) is 7.46. The highest BCUT2D eigenvalue weighted by molar-refractivity contribution is 7.17. The predicted octanol–water partition coefficient (Wildman–Crippen LogP) is 2.45. The zero-order chi connectivity index (χ0) is 16.4. The molecule has 0 saturated carbocycles. The number of aromatic nitrogens is 2. The van der Waals surface area contributed by atoms with E-state index >= 15 is 0 Å². The second-order valence-electron chi connectivity index (χ2n) is 5.60. The summed E-state index contributed by atoms with van der Waals surface area (Å²) in [4.78, 5) is 34.6. The van der Waals surface area contributed by atoms with E-state index in [0.29, 0.717) is 23.5 Å². The van der Waals surface area contributed by atoms with E-state index in [2.05, 4.69) is 9.97 Å². The highest BCUT2D eigenvalue weighted by atomic mass is 32.1. The highest BCUT2D eigenvalue weighted by Crippen LogP contribution is 2.29. The summed E-state index contributed by atoms with van der Waals surface area (Å²) in [7, 11) is 0. The number of hydrogen-bond donors (Lipinski definition) is 1. The Bertz CT molecular complexity index is 729. The minimum atomic E-state index is -0.834. The van der Waals surface area contributed by atoms with Crippen LogP contribution in [0.25, 0.3) is 10.6 Å². The average molecular weight is 331 g/mol. The lowest BCUT2D eigenvalue weighted by Gasteiger charge is -2.30. The number of carbonyl (C=O) groups excluding carboxylic acids is 1. The molecule has 2 aromatic heterocycles. The van der Waals surface area contributed by atoms with Gasteiger partial charge in [0.2, 0.25) is 0 Å². The van der Waals surface area contributed by atoms with Crippen molar-refractivity contribution >= 4 is 23.2 Å². The van der Waals surface area contributed by atoms with Crippen LogP contribution in [-0.2, 0) is 4.79 Å². The van der Waals surface area contributed by atoms with Crippen molar-refractivity contribution in [2.24, 2.45) is 5.92 Å². The van der Waals surface area contributed by atoms with Gasteiger partial charge in [-0.05, 0) is 31.9 Å². The first kappa shape index (κ1) is 15.6. The van der Waals surface area contributed by atoms with Crippen LogP contribution in [0.4, 0.5) is 0 Å². The van der Waals surface area contributed by atoms with Crippen molar-refractivity contribution in [3.63, 3.8) is 0 Å². The lowest BCUT2D eigenvalue weighted by atomic mass is 9.98. The molecule has 6 nitrogen and oxygen atoms in total. The molecule has 0 aromatic carbocycles. The quantitative estimate of drug-likeness (QED) is 0.934. The molecule has 1 fully saturated rings. The molecular weight excluding hydrogens is 314 g/mol. The van der Waals surface area contributed by atoms with Crippen LogP contribution in [0.5, 0.6) is 0 Å². The molecule has 1 aliphatic rings. The van der Waals surface area contributed by atoms with Crippen LogP contribution in [0.15, 0.2) is 24.5 Å². The van der Waals surface area contributed by atoms with Gasteiger partial charge in [0.15, 0.2) is 0 Å². The molecule has 7 heteroatoms. The lowest BCUT2D eigenvalue weighted by molar-refractivity contribution is -0.143. The third kappa shape index (κ3) is 3.24. The van der Waals surface area contributed by atoms with E-state index in [1.54, 1.807) is 17.3 Å². The molecule has 1 N–H and O–H groups in total. The molecule has 0 aliphatic carbocycles. The Labute approximate surface area is 137 Å². The van der Waals surface area contributed by atoms with Gasteiger partial charge in [0, 0.05) is 31.0 Å².